The molecule has 2 rings (SSSR count). The van der Waals surface area contributed by atoms with E-state index in [0.717, 1.165) is 11.8 Å². The van der Waals surface area contributed by atoms with Crippen LogP contribution in [0.1, 0.15) is 0 Å². The van der Waals surface area contributed by atoms with Gasteiger partial charge in [-0.25, -0.2) is 9.37 Å². The zero-order valence-electron chi connectivity index (χ0n) is 8.52. The molecule has 0 amide bonds. The van der Waals surface area contributed by atoms with Gasteiger partial charge >= 0.3 is 0 Å². The highest BCUT2D eigenvalue weighted by atomic mass is 35.5. The van der Waals surface area contributed by atoms with E-state index in [2.05, 4.69) is 9.97 Å². The van der Waals surface area contributed by atoms with Crippen molar-refractivity contribution in [2.24, 2.45) is 0 Å². The van der Waals surface area contributed by atoms with Crippen molar-refractivity contribution in [2.45, 2.75) is 9.92 Å². The number of aromatic nitrogens is 2. The zero-order valence-corrected chi connectivity index (χ0v) is 10.1. The number of nitrogens with two attached hydrogens (primary N) is 2. The predicted molar refractivity (Wildman–Crippen MR) is 66.4 cm³/mol. The standard InChI is InChI=1S/C10H8ClFN4S/c11-8-5(13)3-6(14)10(9(8)12)17-7-4-15-1-2-16-7/h1-4H,13-14H2. The summed E-state index contributed by atoms with van der Waals surface area (Å²) in [4.78, 5) is 8.09. The molecule has 0 bridgehead atoms. The Bertz CT molecular complexity index is 550. The molecule has 2 aromatic rings. The van der Waals surface area contributed by atoms with E-state index in [0.29, 0.717) is 5.03 Å². The van der Waals surface area contributed by atoms with Crippen molar-refractivity contribution < 1.29 is 4.39 Å². The number of benzene rings is 1. The fourth-order valence-corrected chi connectivity index (χ4v) is 2.21. The van der Waals surface area contributed by atoms with E-state index in [9.17, 15) is 4.39 Å². The third-order valence-corrected chi connectivity index (χ3v) is 3.39. The number of anilines is 2. The first-order chi connectivity index (χ1) is 8.09. The summed E-state index contributed by atoms with van der Waals surface area (Å²) in [6, 6.07) is 1.42. The highest BCUT2D eigenvalue weighted by Crippen LogP contribution is 2.38. The number of hydrogen-bond donors (Lipinski definition) is 2. The lowest BCUT2D eigenvalue weighted by molar-refractivity contribution is 0.604. The van der Waals surface area contributed by atoms with Gasteiger partial charge in [-0.3, -0.25) is 4.98 Å². The molecule has 0 radical (unpaired) electrons. The van der Waals surface area contributed by atoms with Gasteiger partial charge in [0.2, 0.25) is 0 Å². The first kappa shape index (κ1) is 11.9. The van der Waals surface area contributed by atoms with E-state index in [4.69, 9.17) is 23.1 Å². The minimum Gasteiger partial charge on any atom is -0.398 e. The third kappa shape index (κ3) is 2.42. The molecule has 1 aromatic heterocycles. The zero-order chi connectivity index (χ0) is 12.4. The van der Waals surface area contributed by atoms with E-state index in [1.165, 1.54) is 24.7 Å². The van der Waals surface area contributed by atoms with Crippen molar-refractivity contribution in [3.63, 3.8) is 0 Å². The quantitative estimate of drug-likeness (QED) is 0.820. The second-order valence-electron chi connectivity index (χ2n) is 3.16. The molecule has 0 aliphatic carbocycles. The lowest BCUT2D eigenvalue weighted by atomic mass is 10.3. The summed E-state index contributed by atoms with van der Waals surface area (Å²) in [7, 11) is 0. The van der Waals surface area contributed by atoms with Gasteiger partial charge in [0.05, 0.1) is 22.5 Å². The summed E-state index contributed by atoms with van der Waals surface area (Å²) in [5.41, 5.74) is 11.5. The van der Waals surface area contributed by atoms with E-state index in [-0.39, 0.29) is 21.3 Å². The topological polar surface area (TPSA) is 77.8 Å². The lowest BCUT2D eigenvalue weighted by Crippen LogP contribution is -1.98. The van der Waals surface area contributed by atoms with Crippen LogP contribution in [0.5, 0.6) is 0 Å². The normalized spacial score (nSPS) is 10.5. The van der Waals surface area contributed by atoms with Gasteiger partial charge in [0.25, 0.3) is 0 Å². The number of halogens is 2. The molecule has 0 atom stereocenters. The summed E-state index contributed by atoms with van der Waals surface area (Å²) in [6.45, 7) is 0. The van der Waals surface area contributed by atoms with Crippen LogP contribution in [0.15, 0.2) is 34.6 Å². The van der Waals surface area contributed by atoms with Crippen molar-refractivity contribution in [1.29, 1.82) is 0 Å². The van der Waals surface area contributed by atoms with Crippen LogP contribution in [-0.4, -0.2) is 9.97 Å². The van der Waals surface area contributed by atoms with Gasteiger partial charge in [-0.2, -0.15) is 0 Å². The Morgan fingerprint density at radius 1 is 1.24 bits per heavy atom. The molecule has 0 saturated carbocycles. The predicted octanol–water partition coefficient (Wildman–Crippen LogP) is 2.58. The molecular formula is C10H8ClFN4S. The van der Waals surface area contributed by atoms with Crippen LogP contribution in [0.25, 0.3) is 0 Å². The van der Waals surface area contributed by atoms with Gasteiger partial charge in [-0.15, -0.1) is 0 Å². The largest absolute Gasteiger partial charge is 0.398 e. The fourth-order valence-electron chi connectivity index (χ4n) is 1.20. The van der Waals surface area contributed by atoms with Crippen LogP contribution in [0.3, 0.4) is 0 Å². The summed E-state index contributed by atoms with van der Waals surface area (Å²) in [5, 5.41) is 0.393. The van der Waals surface area contributed by atoms with Gasteiger partial charge in [-0.1, -0.05) is 23.4 Å². The molecule has 0 aliphatic heterocycles. The number of rotatable bonds is 2. The first-order valence-corrected chi connectivity index (χ1v) is 5.76. The molecule has 0 spiro atoms. The molecule has 1 heterocycles. The van der Waals surface area contributed by atoms with Gasteiger partial charge in [0.1, 0.15) is 10.0 Å². The number of nitrogen functional groups attached to an aromatic ring is 2. The van der Waals surface area contributed by atoms with Crippen LogP contribution in [0.2, 0.25) is 5.02 Å². The van der Waals surface area contributed by atoms with Crippen LogP contribution < -0.4 is 11.5 Å². The average molecular weight is 271 g/mol. The molecule has 4 nitrogen and oxygen atoms in total. The monoisotopic (exact) mass is 270 g/mol. The minimum atomic E-state index is -0.639. The van der Waals surface area contributed by atoms with Crippen molar-refractivity contribution in [1.82, 2.24) is 9.97 Å². The number of hydrogen-bond acceptors (Lipinski definition) is 5. The Kier molecular flexibility index (Phi) is 3.35. The van der Waals surface area contributed by atoms with Crippen LogP contribution in [0, 0.1) is 5.82 Å². The molecule has 0 unspecified atom stereocenters. The molecule has 0 fully saturated rings. The molecule has 0 aliphatic rings. The molecule has 4 N–H and O–H groups in total. The molecule has 88 valence electrons. The van der Waals surface area contributed by atoms with Crippen molar-refractivity contribution in [3.05, 3.63) is 35.5 Å². The highest BCUT2D eigenvalue weighted by molar-refractivity contribution is 7.99. The average Bonchev–Trinajstić information content (AvgIpc) is 2.33. The Morgan fingerprint density at radius 3 is 2.65 bits per heavy atom. The lowest BCUT2D eigenvalue weighted by Gasteiger charge is -2.09. The van der Waals surface area contributed by atoms with Gasteiger partial charge < -0.3 is 11.5 Å². The Hall–Kier alpha value is -1.53. The Balaban J connectivity index is 2.43. The minimum absolute atomic E-state index is 0.116. The second kappa shape index (κ2) is 4.77. The number of nitrogens with zero attached hydrogens (tertiary/aromatic N) is 2. The van der Waals surface area contributed by atoms with Gasteiger partial charge in [-0.05, 0) is 6.07 Å². The van der Waals surface area contributed by atoms with E-state index >= 15 is 0 Å². The Morgan fingerprint density at radius 2 is 2.00 bits per heavy atom. The van der Waals surface area contributed by atoms with E-state index in [1.54, 1.807) is 0 Å². The molecule has 17 heavy (non-hydrogen) atoms. The summed E-state index contributed by atoms with van der Waals surface area (Å²) < 4.78 is 13.8. The van der Waals surface area contributed by atoms with Crippen molar-refractivity contribution in [2.75, 3.05) is 11.5 Å². The van der Waals surface area contributed by atoms with Gasteiger partial charge in [0.15, 0.2) is 5.82 Å². The maximum Gasteiger partial charge on any atom is 0.159 e. The van der Waals surface area contributed by atoms with Crippen LogP contribution in [-0.2, 0) is 0 Å². The summed E-state index contributed by atoms with van der Waals surface area (Å²) in [6.07, 6.45) is 4.54. The van der Waals surface area contributed by atoms with Crippen molar-refractivity contribution in [3.8, 4) is 0 Å². The fraction of sp³-hybridized carbons (Fsp3) is 0. The molecule has 0 saturated heterocycles. The smallest absolute Gasteiger partial charge is 0.159 e. The van der Waals surface area contributed by atoms with Crippen LogP contribution >= 0.6 is 23.4 Å². The maximum atomic E-state index is 13.8. The second-order valence-corrected chi connectivity index (χ2v) is 4.57. The maximum absolute atomic E-state index is 13.8. The Labute approximate surface area is 106 Å². The highest BCUT2D eigenvalue weighted by Gasteiger charge is 2.15. The van der Waals surface area contributed by atoms with Crippen molar-refractivity contribution >= 4 is 34.7 Å². The van der Waals surface area contributed by atoms with Crippen LogP contribution in [0.4, 0.5) is 15.8 Å². The van der Waals surface area contributed by atoms with E-state index in [1.807, 2.05) is 0 Å². The van der Waals surface area contributed by atoms with E-state index < -0.39 is 5.82 Å². The van der Waals surface area contributed by atoms with Gasteiger partial charge in [0, 0.05) is 12.4 Å². The summed E-state index contributed by atoms with van der Waals surface area (Å²) in [5.74, 6) is -0.639. The SMILES string of the molecule is Nc1cc(N)c(Sc2cnccn2)c(F)c1Cl. The first-order valence-electron chi connectivity index (χ1n) is 4.56. The molecule has 7 heteroatoms. The molecule has 1 aromatic carbocycles. The summed E-state index contributed by atoms with van der Waals surface area (Å²) >= 11 is 6.77. The third-order valence-electron chi connectivity index (χ3n) is 1.96. The molecular weight excluding hydrogens is 263 g/mol.